The van der Waals surface area contributed by atoms with E-state index in [4.69, 9.17) is 4.74 Å². The van der Waals surface area contributed by atoms with Gasteiger partial charge in [0.25, 0.3) is 0 Å². The molecule has 0 saturated carbocycles. The van der Waals surface area contributed by atoms with E-state index in [0.29, 0.717) is 22.8 Å². The Balaban J connectivity index is 2.10. The molecule has 0 fully saturated rings. The molecule has 8 nitrogen and oxygen atoms in total. The second-order valence-corrected chi connectivity index (χ2v) is 5.22. The Morgan fingerprint density at radius 1 is 1.33 bits per heavy atom. The molecule has 1 aromatic carbocycles. The largest absolute Gasteiger partial charge is 0.545 e. The number of hydrogen-bond acceptors (Lipinski definition) is 7. The number of carbonyl (C=O) groups is 2. The minimum atomic E-state index is -1.26. The van der Waals surface area contributed by atoms with Crippen molar-refractivity contribution in [2.75, 3.05) is 11.9 Å². The van der Waals surface area contributed by atoms with Crippen LogP contribution in [0, 0.1) is 0 Å². The lowest BCUT2D eigenvalue weighted by atomic mass is 9.95. The molecule has 1 N–H and O–H groups in total. The Morgan fingerprint density at radius 2 is 2.04 bits per heavy atom. The number of hydrogen-bond donors (Lipinski definition) is 1. The van der Waals surface area contributed by atoms with Crippen molar-refractivity contribution in [3.63, 3.8) is 0 Å². The molecule has 0 saturated heterocycles. The Hall–Kier alpha value is -3.16. The molecule has 2 heterocycles. The van der Waals surface area contributed by atoms with E-state index in [-0.39, 0.29) is 12.2 Å². The lowest BCUT2D eigenvalue weighted by Crippen LogP contribution is -2.29. The van der Waals surface area contributed by atoms with Gasteiger partial charge in [0, 0.05) is 5.70 Å². The van der Waals surface area contributed by atoms with Gasteiger partial charge in [-0.1, -0.05) is 24.3 Å². The van der Waals surface area contributed by atoms with Gasteiger partial charge >= 0.3 is 5.97 Å². The molecule has 0 unspecified atom stereocenters. The third-order valence-electron chi connectivity index (χ3n) is 3.75. The number of carbonyl (C=O) groups excluding carboxylic acids is 2. The number of carboxylic acids is 1. The molecule has 3 rings (SSSR count). The maximum absolute atomic E-state index is 12.4. The van der Waals surface area contributed by atoms with Crippen LogP contribution in [0.25, 0.3) is 0 Å². The molecule has 1 aliphatic heterocycles. The van der Waals surface area contributed by atoms with Crippen molar-refractivity contribution in [3.8, 4) is 0 Å². The van der Waals surface area contributed by atoms with Gasteiger partial charge in [-0.25, -0.2) is 9.48 Å². The predicted molar refractivity (Wildman–Crippen MR) is 81.9 cm³/mol. The summed E-state index contributed by atoms with van der Waals surface area (Å²) in [6.45, 7) is 3.73. The molecule has 8 heteroatoms. The van der Waals surface area contributed by atoms with Gasteiger partial charge in [0.05, 0.1) is 18.1 Å². The highest BCUT2D eigenvalue weighted by Gasteiger charge is 2.34. The van der Waals surface area contributed by atoms with E-state index in [1.165, 1.54) is 18.5 Å². The standard InChI is InChI=1S/C16H16N4O4/c1-3-24-15(23)12-9(2)19-16-17-8-18-20(16)13(12)10-4-6-11(7-5-10)14(21)22/h4-8,13H,3H2,1-2H3,(H,21,22)(H,17,18,19)/p-1/t13-/m0/s1. The number of nitrogens with one attached hydrogen (secondary N) is 1. The Kier molecular flexibility index (Phi) is 4.03. The number of rotatable bonds is 4. The van der Waals surface area contributed by atoms with Crippen molar-refractivity contribution in [2.45, 2.75) is 19.9 Å². The van der Waals surface area contributed by atoms with Crippen molar-refractivity contribution in [2.24, 2.45) is 0 Å². The van der Waals surface area contributed by atoms with Crippen molar-refractivity contribution < 1.29 is 19.4 Å². The van der Waals surface area contributed by atoms with Crippen LogP contribution in [0.15, 0.2) is 41.9 Å². The molecule has 1 aromatic heterocycles. The molecular formula is C16H15N4O4-. The zero-order chi connectivity index (χ0) is 17.3. The maximum Gasteiger partial charge on any atom is 0.338 e. The molecular weight excluding hydrogens is 312 g/mol. The van der Waals surface area contributed by atoms with Gasteiger partial charge in [0.2, 0.25) is 5.95 Å². The summed E-state index contributed by atoms with van der Waals surface area (Å²) in [5.74, 6) is -1.22. The number of nitrogens with zero attached hydrogens (tertiary/aromatic N) is 3. The first-order chi connectivity index (χ1) is 11.5. The summed E-state index contributed by atoms with van der Waals surface area (Å²) in [6.07, 6.45) is 1.38. The van der Waals surface area contributed by atoms with Crippen LogP contribution in [0.4, 0.5) is 5.95 Å². The summed E-state index contributed by atoms with van der Waals surface area (Å²) in [5.41, 5.74) is 1.76. The van der Waals surface area contributed by atoms with E-state index < -0.39 is 18.0 Å². The Labute approximate surface area is 137 Å². The average molecular weight is 327 g/mol. The fraction of sp³-hybridized carbons (Fsp3) is 0.250. The first kappa shape index (κ1) is 15.7. The number of anilines is 1. The predicted octanol–water partition coefficient (Wildman–Crippen LogP) is 0.494. The van der Waals surface area contributed by atoms with Crippen LogP contribution in [0.5, 0.6) is 0 Å². The van der Waals surface area contributed by atoms with E-state index in [9.17, 15) is 14.7 Å². The molecule has 0 spiro atoms. The molecule has 0 aliphatic carbocycles. The van der Waals surface area contributed by atoms with E-state index in [0.717, 1.165) is 0 Å². The Bertz CT molecular complexity index is 823. The van der Waals surface area contributed by atoms with Crippen molar-refractivity contribution in [1.82, 2.24) is 14.8 Å². The van der Waals surface area contributed by atoms with E-state index in [1.807, 2.05) is 0 Å². The van der Waals surface area contributed by atoms with Crippen molar-refractivity contribution >= 4 is 17.9 Å². The zero-order valence-corrected chi connectivity index (χ0v) is 13.1. The first-order valence-corrected chi connectivity index (χ1v) is 7.38. The number of carboxylic acid groups (broad SMARTS) is 1. The number of ether oxygens (including phenoxy) is 1. The van der Waals surface area contributed by atoms with Crippen molar-refractivity contribution in [1.29, 1.82) is 0 Å². The van der Waals surface area contributed by atoms with Gasteiger partial charge in [0.1, 0.15) is 12.4 Å². The van der Waals surface area contributed by atoms with Crippen LogP contribution < -0.4 is 10.4 Å². The molecule has 0 bridgehead atoms. The summed E-state index contributed by atoms with van der Waals surface area (Å²) in [5, 5.41) is 18.1. The van der Waals surface area contributed by atoms with Gasteiger partial charge < -0.3 is 20.0 Å². The van der Waals surface area contributed by atoms with E-state index in [1.54, 1.807) is 30.7 Å². The topological polar surface area (TPSA) is 109 Å². The number of aromatic carboxylic acids is 1. The smallest absolute Gasteiger partial charge is 0.338 e. The molecule has 1 aliphatic rings. The zero-order valence-electron chi connectivity index (χ0n) is 13.1. The summed E-state index contributed by atoms with van der Waals surface area (Å²) in [4.78, 5) is 27.5. The van der Waals surface area contributed by atoms with Gasteiger partial charge in [-0.15, -0.1) is 0 Å². The van der Waals surface area contributed by atoms with E-state index >= 15 is 0 Å². The van der Waals surface area contributed by atoms with Crippen LogP contribution in [-0.4, -0.2) is 33.3 Å². The summed E-state index contributed by atoms with van der Waals surface area (Å²) >= 11 is 0. The number of allylic oxidation sites excluding steroid dienone is 1. The highest BCUT2D eigenvalue weighted by Crippen LogP contribution is 2.35. The third kappa shape index (κ3) is 2.62. The third-order valence-corrected chi connectivity index (χ3v) is 3.75. The molecule has 2 aromatic rings. The number of benzene rings is 1. The van der Waals surface area contributed by atoms with Gasteiger partial charge in [-0.3, -0.25) is 0 Å². The molecule has 124 valence electrons. The molecule has 1 atom stereocenters. The quantitative estimate of drug-likeness (QED) is 0.814. The highest BCUT2D eigenvalue weighted by atomic mass is 16.5. The summed E-state index contributed by atoms with van der Waals surface area (Å²) in [6, 6.07) is 5.56. The molecule has 0 amide bonds. The van der Waals surface area contributed by atoms with Crippen LogP contribution >= 0.6 is 0 Å². The lowest BCUT2D eigenvalue weighted by Gasteiger charge is -2.28. The second kappa shape index (κ2) is 6.15. The van der Waals surface area contributed by atoms with Crippen LogP contribution in [-0.2, 0) is 9.53 Å². The molecule has 24 heavy (non-hydrogen) atoms. The monoisotopic (exact) mass is 327 g/mol. The number of fused-ring (bicyclic) bond motifs is 1. The normalized spacial score (nSPS) is 16.3. The fourth-order valence-electron chi connectivity index (χ4n) is 2.67. The van der Waals surface area contributed by atoms with Crippen LogP contribution in [0.3, 0.4) is 0 Å². The van der Waals surface area contributed by atoms with Crippen molar-refractivity contribution in [3.05, 3.63) is 53.0 Å². The minimum absolute atomic E-state index is 0.0601. The number of aromatic nitrogens is 3. The lowest BCUT2D eigenvalue weighted by molar-refractivity contribution is -0.255. The Morgan fingerprint density at radius 3 is 2.67 bits per heavy atom. The van der Waals surface area contributed by atoms with Crippen LogP contribution in [0.1, 0.15) is 35.8 Å². The average Bonchev–Trinajstić information content (AvgIpc) is 3.01. The van der Waals surface area contributed by atoms with Crippen LogP contribution in [0.2, 0.25) is 0 Å². The second-order valence-electron chi connectivity index (χ2n) is 5.22. The van der Waals surface area contributed by atoms with E-state index in [2.05, 4.69) is 15.4 Å². The SMILES string of the molecule is CCOC(=O)C1=C(C)Nc2ncnn2[C@H]1c1ccc(C(=O)[O-])cc1. The maximum atomic E-state index is 12.4. The van der Waals surface area contributed by atoms with Gasteiger partial charge in [0.15, 0.2) is 0 Å². The van der Waals surface area contributed by atoms with Gasteiger partial charge in [-0.2, -0.15) is 10.1 Å². The fourth-order valence-corrected chi connectivity index (χ4v) is 2.67. The minimum Gasteiger partial charge on any atom is -0.545 e. The first-order valence-electron chi connectivity index (χ1n) is 7.38. The number of esters is 1. The summed E-state index contributed by atoms with van der Waals surface area (Å²) < 4.78 is 6.72. The molecule has 0 radical (unpaired) electrons. The summed E-state index contributed by atoms with van der Waals surface area (Å²) in [7, 11) is 0. The van der Waals surface area contributed by atoms with Gasteiger partial charge in [-0.05, 0) is 25.0 Å². The highest BCUT2D eigenvalue weighted by molar-refractivity contribution is 5.92.